The number of nitrogens with one attached hydrogen (secondary N) is 1. The van der Waals surface area contributed by atoms with Gasteiger partial charge in [-0.1, -0.05) is 33.5 Å². The molecule has 1 rings (SSSR count). The molecule has 1 nitrogen and oxygen atoms in total. The van der Waals surface area contributed by atoms with Crippen molar-refractivity contribution in [3.63, 3.8) is 0 Å². The predicted molar refractivity (Wildman–Crippen MR) is 61.1 cm³/mol. The number of hydrogen-bond donors (Lipinski definition) is 1. The number of terminal acetylenes is 1. The summed E-state index contributed by atoms with van der Waals surface area (Å²) in [6.07, 6.45) is 5.24. The highest BCUT2D eigenvalue weighted by molar-refractivity contribution is 9.10. The number of hydrogen-bond acceptors (Lipinski definition) is 1. The number of anilines is 1. The van der Waals surface area contributed by atoms with Crippen LogP contribution in [0.4, 0.5) is 5.69 Å². The van der Waals surface area contributed by atoms with Crippen molar-refractivity contribution < 1.29 is 0 Å². The molecular weight excluding hydrogens is 249 g/mol. The predicted octanol–water partition coefficient (Wildman–Crippen LogP) is 3.54. The van der Waals surface area contributed by atoms with Crippen LogP contribution in [0.1, 0.15) is 6.92 Å². The summed E-state index contributed by atoms with van der Waals surface area (Å²) in [5.74, 6) is 2.57. The van der Waals surface area contributed by atoms with Gasteiger partial charge >= 0.3 is 0 Å². The first-order valence-corrected chi connectivity index (χ1v) is 4.98. The van der Waals surface area contributed by atoms with Crippen LogP contribution in [0.2, 0.25) is 5.02 Å². The Labute approximate surface area is 91.6 Å². The molecule has 0 aliphatic carbocycles. The van der Waals surface area contributed by atoms with E-state index >= 15 is 0 Å². The quantitative estimate of drug-likeness (QED) is 0.800. The maximum atomic E-state index is 5.97. The van der Waals surface area contributed by atoms with E-state index in [1.165, 1.54) is 0 Å². The minimum atomic E-state index is -0.0151. The average Bonchev–Trinajstić information content (AvgIpc) is 2.09. The standard InChI is InChI=1S/C10H9BrClN/c1-3-7(2)13-10-5-4-8(11)6-9(10)12/h1,4-7,13H,2H3. The smallest absolute Gasteiger partial charge is 0.0846 e. The van der Waals surface area contributed by atoms with E-state index in [1.807, 2.05) is 25.1 Å². The number of halogens is 2. The first kappa shape index (κ1) is 10.4. The SMILES string of the molecule is C#CC(C)Nc1ccc(Br)cc1Cl. The van der Waals surface area contributed by atoms with E-state index in [0.29, 0.717) is 5.02 Å². The molecule has 1 atom stereocenters. The lowest BCUT2D eigenvalue weighted by Gasteiger charge is -2.10. The van der Waals surface area contributed by atoms with Crippen LogP contribution in [0.25, 0.3) is 0 Å². The van der Waals surface area contributed by atoms with Crippen molar-refractivity contribution in [1.82, 2.24) is 0 Å². The molecule has 0 aromatic heterocycles. The maximum Gasteiger partial charge on any atom is 0.0846 e. The van der Waals surface area contributed by atoms with Crippen LogP contribution in [0, 0.1) is 12.3 Å². The summed E-state index contributed by atoms with van der Waals surface area (Å²) >= 11 is 9.30. The van der Waals surface area contributed by atoms with Crippen molar-refractivity contribution in [1.29, 1.82) is 0 Å². The molecule has 0 amide bonds. The van der Waals surface area contributed by atoms with Gasteiger partial charge in [-0.3, -0.25) is 0 Å². The van der Waals surface area contributed by atoms with Gasteiger partial charge in [0.15, 0.2) is 0 Å². The van der Waals surface area contributed by atoms with E-state index in [1.54, 1.807) is 0 Å². The van der Waals surface area contributed by atoms with Gasteiger partial charge in [-0.05, 0) is 25.1 Å². The van der Waals surface area contributed by atoms with E-state index in [9.17, 15) is 0 Å². The zero-order chi connectivity index (χ0) is 9.84. The van der Waals surface area contributed by atoms with Crippen molar-refractivity contribution >= 4 is 33.2 Å². The van der Waals surface area contributed by atoms with E-state index in [4.69, 9.17) is 18.0 Å². The van der Waals surface area contributed by atoms with E-state index in [0.717, 1.165) is 10.2 Å². The molecule has 0 spiro atoms. The van der Waals surface area contributed by atoms with Gasteiger partial charge in [0.25, 0.3) is 0 Å². The first-order valence-electron chi connectivity index (χ1n) is 3.81. The zero-order valence-corrected chi connectivity index (χ0v) is 9.48. The molecule has 0 saturated heterocycles. The molecule has 0 bridgehead atoms. The van der Waals surface area contributed by atoms with Crippen LogP contribution in [0.15, 0.2) is 22.7 Å². The van der Waals surface area contributed by atoms with Crippen LogP contribution in [0.5, 0.6) is 0 Å². The van der Waals surface area contributed by atoms with Crippen molar-refractivity contribution in [2.45, 2.75) is 13.0 Å². The zero-order valence-electron chi connectivity index (χ0n) is 7.14. The summed E-state index contributed by atoms with van der Waals surface area (Å²) in [4.78, 5) is 0. The summed E-state index contributed by atoms with van der Waals surface area (Å²) in [6.45, 7) is 1.90. The summed E-state index contributed by atoms with van der Waals surface area (Å²) in [6, 6.07) is 5.61. The van der Waals surface area contributed by atoms with Crippen molar-refractivity contribution in [3.8, 4) is 12.3 Å². The molecular formula is C10H9BrClN. The Balaban J connectivity index is 2.85. The number of benzene rings is 1. The fraction of sp³-hybridized carbons (Fsp3) is 0.200. The summed E-state index contributed by atoms with van der Waals surface area (Å²) < 4.78 is 0.955. The van der Waals surface area contributed by atoms with Crippen molar-refractivity contribution in [3.05, 3.63) is 27.7 Å². The molecule has 3 heteroatoms. The van der Waals surface area contributed by atoms with Crippen LogP contribution >= 0.6 is 27.5 Å². The fourth-order valence-electron chi connectivity index (χ4n) is 0.881. The van der Waals surface area contributed by atoms with E-state index in [-0.39, 0.29) is 6.04 Å². The third kappa shape index (κ3) is 2.95. The van der Waals surface area contributed by atoms with Crippen LogP contribution < -0.4 is 5.32 Å². The highest BCUT2D eigenvalue weighted by atomic mass is 79.9. The van der Waals surface area contributed by atoms with Gasteiger partial charge in [-0.15, -0.1) is 6.42 Å². The molecule has 68 valence electrons. The highest BCUT2D eigenvalue weighted by Crippen LogP contribution is 2.25. The Kier molecular flexibility index (Phi) is 3.65. The summed E-state index contributed by atoms with van der Waals surface area (Å²) in [5, 5.41) is 3.76. The minimum absolute atomic E-state index is 0.0151. The fourth-order valence-corrected chi connectivity index (χ4v) is 1.61. The molecule has 1 unspecified atom stereocenters. The first-order chi connectivity index (χ1) is 6.13. The monoisotopic (exact) mass is 257 g/mol. The Hall–Kier alpha value is -0.650. The van der Waals surface area contributed by atoms with Gasteiger partial charge in [0.1, 0.15) is 0 Å². The van der Waals surface area contributed by atoms with Gasteiger partial charge < -0.3 is 5.32 Å². The van der Waals surface area contributed by atoms with Crippen LogP contribution in [0.3, 0.4) is 0 Å². The Morgan fingerprint density at radius 1 is 1.62 bits per heavy atom. The van der Waals surface area contributed by atoms with Gasteiger partial charge in [0, 0.05) is 4.47 Å². The van der Waals surface area contributed by atoms with Gasteiger partial charge in [-0.25, -0.2) is 0 Å². The largest absolute Gasteiger partial charge is 0.371 e. The third-order valence-electron chi connectivity index (χ3n) is 1.55. The van der Waals surface area contributed by atoms with Crippen LogP contribution in [-0.4, -0.2) is 6.04 Å². The normalized spacial score (nSPS) is 11.8. The molecule has 13 heavy (non-hydrogen) atoms. The molecule has 1 aromatic carbocycles. The lowest BCUT2D eigenvalue weighted by molar-refractivity contribution is 1.04. The molecule has 0 aliphatic rings. The summed E-state index contributed by atoms with van der Waals surface area (Å²) in [5.41, 5.74) is 0.857. The Morgan fingerprint density at radius 2 is 2.31 bits per heavy atom. The number of rotatable bonds is 2. The Morgan fingerprint density at radius 3 is 2.85 bits per heavy atom. The molecule has 0 fully saturated rings. The molecule has 0 radical (unpaired) electrons. The minimum Gasteiger partial charge on any atom is -0.371 e. The second-order valence-electron chi connectivity index (χ2n) is 2.66. The lowest BCUT2D eigenvalue weighted by Crippen LogP contribution is -2.12. The van der Waals surface area contributed by atoms with Gasteiger partial charge in [0.05, 0.1) is 16.8 Å². The second kappa shape index (κ2) is 4.55. The van der Waals surface area contributed by atoms with Gasteiger partial charge in [0.2, 0.25) is 0 Å². The molecule has 1 aromatic rings. The van der Waals surface area contributed by atoms with Gasteiger partial charge in [-0.2, -0.15) is 0 Å². The van der Waals surface area contributed by atoms with E-state index < -0.39 is 0 Å². The molecule has 0 aliphatic heterocycles. The van der Waals surface area contributed by atoms with Crippen LogP contribution in [-0.2, 0) is 0 Å². The topological polar surface area (TPSA) is 12.0 Å². The second-order valence-corrected chi connectivity index (χ2v) is 3.98. The molecule has 0 heterocycles. The average molecular weight is 259 g/mol. The maximum absolute atomic E-state index is 5.97. The summed E-state index contributed by atoms with van der Waals surface area (Å²) in [7, 11) is 0. The molecule has 0 saturated carbocycles. The lowest BCUT2D eigenvalue weighted by atomic mass is 10.3. The van der Waals surface area contributed by atoms with Crippen molar-refractivity contribution in [2.75, 3.05) is 5.32 Å². The molecule has 1 N–H and O–H groups in total. The highest BCUT2D eigenvalue weighted by Gasteiger charge is 2.02. The van der Waals surface area contributed by atoms with E-state index in [2.05, 4.69) is 27.2 Å². The third-order valence-corrected chi connectivity index (χ3v) is 2.36. The Bertz CT molecular complexity index is 343. The van der Waals surface area contributed by atoms with Crippen molar-refractivity contribution in [2.24, 2.45) is 0 Å².